The van der Waals surface area contributed by atoms with Crippen LogP contribution in [0, 0.1) is 6.92 Å². The second-order valence-electron chi connectivity index (χ2n) is 7.91. The molecule has 0 atom stereocenters. The molecule has 0 unspecified atom stereocenters. The highest BCUT2D eigenvalue weighted by Crippen LogP contribution is 2.32. The summed E-state index contributed by atoms with van der Waals surface area (Å²) in [6, 6.07) is 10.3. The number of thiophene rings is 2. The number of hydrogen-bond donors (Lipinski definition) is 1. The van der Waals surface area contributed by atoms with E-state index in [2.05, 4.69) is 38.6 Å². The van der Waals surface area contributed by atoms with Crippen LogP contribution >= 0.6 is 22.7 Å². The summed E-state index contributed by atoms with van der Waals surface area (Å²) in [5.74, 6) is 0.792. The number of ether oxygens (including phenoxy) is 2. The lowest BCUT2D eigenvalue weighted by Gasteiger charge is -2.33. The van der Waals surface area contributed by atoms with Gasteiger partial charge in [0.1, 0.15) is 11.9 Å². The van der Waals surface area contributed by atoms with Crippen LogP contribution in [0.15, 0.2) is 51.9 Å². The summed E-state index contributed by atoms with van der Waals surface area (Å²) in [5, 5.41) is 8.68. The number of anilines is 1. The molecule has 1 aliphatic rings. The summed E-state index contributed by atoms with van der Waals surface area (Å²) in [4.78, 5) is 2.52. The molecule has 0 saturated carbocycles. The van der Waals surface area contributed by atoms with Crippen LogP contribution in [0.4, 0.5) is 5.69 Å². The summed E-state index contributed by atoms with van der Waals surface area (Å²) in [5.41, 5.74) is 10.4. The third-order valence-corrected chi connectivity index (χ3v) is 7.00. The largest absolute Gasteiger partial charge is 0.491 e. The molecule has 0 spiro atoms. The zero-order chi connectivity index (χ0) is 20.8. The van der Waals surface area contributed by atoms with Crippen LogP contribution in [0.2, 0.25) is 0 Å². The molecule has 0 radical (unpaired) electrons. The maximum Gasteiger partial charge on any atom is 0.142 e. The van der Waals surface area contributed by atoms with Crippen molar-refractivity contribution in [2.45, 2.75) is 38.4 Å². The van der Waals surface area contributed by atoms with Crippen LogP contribution in [0.1, 0.15) is 42.1 Å². The molecular formula is C24H30N2O2S2. The Balaban J connectivity index is 1.20. The summed E-state index contributed by atoms with van der Waals surface area (Å²) in [7, 11) is 0. The minimum Gasteiger partial charge on any atom is -0.491 e. The highest BCUT2D eigenvalue weighted by atomic mass is 32.1. The standard InChI is InChI=1S/C24H30N2O2S2/c1-18-3-4-23(22(25)15-18)27-12-2-9-26-10-5-21(6-11-26)28-24(19-7-13-29-16-19)20-8-14-30-17-20/h3-4,7-8,13-17,21,24H,2,5-6,9-12,25H2,1H3. The number of rotatable bonds is 9. The van der Waals surface area contributed by atoms with Crippen LogP contribution in [0.25, 0.3) is 0 Å². The van der Waals surface area contributed by atoms with E-state index in [1.807, 2.05) is 25.1 Å². The SMILES string of the molecule is Cc1ccc(OCCCN2CCC(OC(c3ccsc3)c3ccsc3)CC2)c(N)c1. The van der Waals surface area contributed by atoms with E-state index in [0.717, 1.165) is 55.9 Å². The van der Waals surface area contributed by atoms with E-state index in [-0.39, 0.29) is 6.10 Å². The highest BCUT2D eigenvalue weighted by molar-refractivity contribution is 7.08. The third-order valence-electron chi connectivity index (χ3n) is 5.60. The maximum absolute atomic E-state index is 6.58. The molecule has 160 valence electrons. The molecule has 1 aromatic carbocycles. The molecule has 1 fully saturated rings. The van der Waals surface area contributed by atoms with Gasteiger partial charge in [-0.2, -0.15) is 22.7 Å². The van der Waals surface area contributed by atoms with E-state index in [0.29, 0.717) is 12.7 Å². The summed E-state index contributed by atoms with van der Waals surface area (Å²) in [6.45, 7) is 5.95. The first-order chi connectivity index (χ1) is 14.7. The molecule has 4 nitrogen and oxygen atoms in total. The van der Waals surface area contributed by atoms with Crippen molar-refractivity contribution in [1.82, 2.24) is 4.90 Å². The lowest BCUT2D eigenvalue weighted by molar-refractivity contribution is -0.0270. The Morgan fingerprint density at radius 1 is 1.07 bits per heavy atom. The van der Waals surface area contributed by atoms with Gasteiger partial charge in [0, 0.05) is 19.6 Å². The second kappa shape index (κ2) is 10.4. The van der Waals surface area contributed by atoms with Gasteiger partial charge in [-0.05, 0) is 88.7 Å². The third kappa shape index (κ3) is 5.64. The van der Waals surface area contributed by atoms with Gasteiger partial charge in [0.2, 0.25) is 0 Å². The zero-order valence-corrected chi connectivity index (χ0v) is 19.1. The van der Waals surface area contributed by atoms with Crippen molar-refractivity contribution in [3.63, 3.8) is 0 Å². The highest BCUT2D eigenvalue weighted by Gasteiger charge is 2.25. The average molecular weight is 443 g/mol. The minimum absolute atomic E-state index is 0.0624. The van der Waals surface area contributed by atoms with Crippen LogP contribution in [0.5, 0.6) is 5.75 Å². The quantitative estimate of drug-likeness (QED) is 0.339. The summed E-state index contributed by atoms with van der Waals surface area (Å²) in [6.07, 6.45) is 3.54. The van der Waals surface area contributed by atoms with Gasteiger partial charge in [-0.25, -0.2) is 0 Å². The Kier molecular flexibility index (Phi) is 7.44. The van der Waals surface area contributed by atoms with E-state index < -0.39 is 0 Å². The van der Waals surface area contributed by atoms with Crippen molar-refractivity contribution in [2.24, 2.45) is 0 Å². The van der Waals surface area contributed by atoms with Gasteiger partial charge in [0.15, 0.2) is 0 Å². The molecule has 6 heteroatoms. The van der Waals surface area contributed by atoms with Crippen LogP contribution in [0.3, 0.4) is 0 Å². The number of nitrogens with two attached hydrogens (primary N) is 1. The summed E-state index contributed by atoms with van der Waals surface area (Å²) >= 11 is 3.47. The molecule has 2 N–H and O–H groups in total. The lowest BCUT2D eigenvalue weighted by Crippen LogP contribution is -2.38. The molecule has 0 aliphatic carbocycles. The van der Waals surface area contributed by atoms with Gasteiger partial charge < -0.3 is 20.1 Å². The van der Waals surface area contributed by atoms with E-state index in [4.69, 9.17) is 15.2 Å². The summed E-state index contributed by atoms with van der Waals surface area (Å²) < 4.78 is 12.4. The van der Waals surface area contributed by atoms with Gasteiger partial charge in [0.05, 0.1) is 18.4 Å². The van der Waals surface area contributed by atoms with E-state index in [9.17, 15) is 0 Å². The number of hydrogen-bond acceptors (Lipinski definition) is 6. The minimum atomic E-state index is 0.0624. The normalized spacial score (nSPS) is 15.7. The molecule has 30 heavy (non-hydrogen) atoms. The van der Waals surface area contributed by atoms with Crippen molar-refractivity contribution in [2.75, 3.05) is 32.0 Å². The molecular weight excluding hydrogens is 412 g/mol. The average Bonchev–Trinajstić information content (AvgIpc) is 3.46. The number of likely N-dealkylation sites (tertiary alicyclic amines) is 1. The lowest BCUT2D eigenvalue weighted by atomic mass is 10.0. The van der Waals surface area contributed by atoms with Crippen molar-refractivity contribution in [3.8, 4) is 5.75 Å². The molecule has 4 rings (SSSR count). The van der Waals surface area contributed by atoms with Crippen molar-refractivity contribution < 1.29 is 9.47 Å². The van der Waals surface area contributed by atoms with Gasteiger partial charge in [0.25, 0.3) is 0 Å². The Morgan fingerprint density at radius 2 is 1.77 bits per heavy atom. The van der Waals surface area contributed by atoms with Crippen LogP contribution < -0.4 is 10.5 Å². The smallest absolute Gasteiger partial charge is 0.142 e. The molecule has 0 amide bonds. The second-order valence-corrected chi connectivity index (χ2v) is 9.47. The van der Waals surface area contributed by atoms with Crippen LogP contribution in [-0.2, 0) is 4.74 Å². The van der Waals surface area contributed by atoms with E-state index in [1.54, 1.807) is 22.7 Å². The molecule has 3 heterocycles. The van der Waals surface area contributed by atoms with E-state index in [1.165, 1.54) is 11.1 Å². The molecule has 3 aromatic rings. The first-order valence-corrected chi connectivity index (χ1v) is 12.5. The number of benzene rings is 1. The first kappa shape index (κ1) is 21.4. The van der Waals surface area contributed by atoms with Gasteiger partial charge in [-0.1, -0.05) is 6.07 Å². The monoisotopic (exact) mass is 442 g/mol. The number of nitrogen functional groups attached to an aromatic ring is 1. The Hall–Kier alpha value is -1.86. The fourth-order valence-corrected chi connectivity index (χ4v) is 5.28. The molecule has 0 bridgehead atoms. The predicted octanol–water partition coefficient (Wildman–Crippen LogP) is 5.74. The van der Waals surface area contributed by atoms with Gasteiger partial charge in [-0.3, -0.25) is 0 Å². The fraction of sp³-hybridized carbons (Fsp3) is 0.417. The Bertz CT molecular complexity index is 854. The Labute approximate surface area is 187 Å². The molecule has 2 aromatic heterocycles. The van der Waals surface area contributed by atoms with Crippen molar-refractivity contribution >= 4 is 28.4 Å². The first-order valence-electron chi connectivity index (χ1n) is 10.6. The fourth-order valence-electron chi connectivity index (χ4n) is 3.93. The van der Waals surface area contributed by atoms with Crippen molar-refractivity contribution in [3.05, 3.63) is 68.5 Å². The van der Waals surface area contributed by atoms with Crippen LogP contribution in [-0.4, -0.2) is 37.2 Å². The zero-order valence-electron chi connectivity index (χ0n) is 17.5. The van der Waals surface area contributed by atoms with Crippen molar-refractivity contribution in [1.29, 1.82) is 0 Å². The molecule has 1 saturated heterocycles. The number of piperidine rings is 1. The Morgan fingerprint density at radius 3 is 2.37 bits per heavy atom. The predicted molar refractivity (Wildman–Crippen MR) is 127 cm³/mol. The van der Waals surface area contributed by atoms with Gasteiger partial charge >= 0.3 is 0 Å². The topological polar surface area (TPSA) is 47.7 Å². The number of aryl methyl sites for hydroxylation is 1. The van der Waals surface area contributed by atoms with E-state index >= 15 is 0 Å². The maximum atomic E-state index is 6.58. The van der Waals surface area contributed by atoms with Gasteiger partial charge in [-0.15, -0.1) is 0 Å². The number of nitrogens with zero attached hydrogens (tertiary/aromatic N) is 1. The molecule has 1 aliphatic heterocycles.